The predicted molar refractivity (Wildman–Crippen MR) is 140 cm³/mol. The minimum Gasteiger partial charge on any atom is -0.376 e. The molecule has 0 aromatic heterocycles. The van der Waals surface area contributed by atoms with Crippen molar-refractivity contribution in [1.82, 2.24) is 15.1 Å². The van der Waals surface area contributed by atoms with Gasteiger partial charge in [-0.05, 0) is 50.7 Å². The summed E-state index contributed by atoms with van der Waals surface area (Å²) in [5, 5.41) is 3.41. The van der Waals surface area contributed by atoms with Crippen LogP contribution in [0, 0.1) is 11.7 Å². The van der Waals surface area contributed by atoms with Crippen LogP contribution in [-0.4, -0.2) is 56.1 Å². The van der Waals surface area contributed by atoms with Crippen LogP contribution in [0.1, 0.15) is 30.0 Å². The summed E-state index contributed by atoms with van der Waals surface area (Å²) in [4.78, 5) is 9.11. The van der Waals surface area contributed by atoms with Crippen LogP contribution in [0.5, 0.6) is 0 Å². The maximum absolute atomic E-state index is 14.1. The van der Waals surface area contributed by atoms with Crippen LogP contribution >= 0.6 is 24.0 Å². The van der Waals surface area contributed by atoms with Gasteiger partial charge in [-0.1, -0.05) is 36.4 Å². The summed E-state index contributed by atoms with van der Waals surface area (Å²) >= 11 is 0. The van der Waals surface area contributed by atoms with Gasteiger partial charge in [-0.15, -0.1) is 24.0 Å². The monoisotopic (exact) mass is 554 g/mol. The molecule has 3 rings (SSSR count). The molecule has 1 heterocycles. The van der Waals surface area contributed by atoms with Gasteiger partial charge in [0.2, 0.25) is 0 Å². The summed E-state index contributed by atoms with van der Waals surface area (Å²) in [5.41, 5.74) is 2.94. The van der Waals surface area contributed by atoms with E-state index >= 15 is 0 Å². The van der Waals surface area contributed by atoms with Crippen LogP contribution in [0.2, 0.25) is 0 Å². The highest BCUT2D eigenvalue weighted by Gasteiger charge is 2.25. The van der Waals surface area contributed by atoms with E-state index in [0.717, 1.165) is 44.2 Å². The highest BCUT2D eigenvalue weighted by Crippen LogP contribution is 2.18. The van der Waals surface area contributed by atoms with Crippen LogP contribution in [0.3, 0.4) is 0 Å². The van der Waals surface area contributed by atoms with E-state index in [2.05, 4.69) is 29.3 Å². The van der Waals surface area contributed by atoms with Crippen molar-refractivity contribution in [1.29, 1.82) is 0 Å². The lowest BCUT2D eigenvalue weighted by molar-refractivity contribution is 0.0906. The van der Waals surface area contributed by atoms with E-state index in [-0.39, 0.29) is 29.8 Å². The van der Waals surface area contributed by atoms with Crippen LogP contribution in [-0.2, 0) is 24.4 Å². The number of hydrogen-bond acceptors (Lipinski definition) is 3. The second-order valence-electron chi connectivity index (χ2n) is 8.44. The van der Waals surface area contributed by atoms with Gasteiger partial charge in [0.15, 0.2) is 5.96 Å². The number of nitrogens with zero attached hydrogens (tertiary/aromatic N) is 3. The molecule has 1 saturated heterocycles. The van der Waals surface area contributed by atoms with Gasteiger partial charge >= 0.3 is 0 Å². The molecular formula is C25H36FIN4O. The number of rotatable bonds is 9. The Labute approximate surface area is 209 Å². The molecule has 0 spiro atoms. The van der Waals surface area contributed by atoms with Gasteiger partial charge in [0.05, 0.1) is 19.8 Å². The fourth-order valence-corrected chi connectivity index (χ4v) is 3.86. The highest BCUT2D eigenvalue weighted by molar-refractivity contribution is 14.0. The summed E-state index contributed by atoms with van der Waals surface area (Å²) in [7, 11) is 3.89. The van der Waals surface area contributed by atoms with E-state index in [0.29, 0.717) is 31.2 Å². The van der Waals surface area contributed by atoms with Gasteiger partial charge in [0, 0.05) is 37.7 Å². The van der Waals surface area contributed by atoms with Crippen molar-refractivity contribution in [2.45, 2.75) is 33.0 Å². The zero-order valence-electron chi connectivity index (χ0n) is 19.4. The SMILES string of the molecule is CCNC(=NCc1ccc(F)c(CN(C)C)c1)N1CCC(COCc2ccccc2)C1.I. The van der Waals surface area contributed by atoms with Crippen molar-refractivity contribution >= 4 is 29.9 Å². The Balaban J connectivity index is 0.00000363. The van der Waals surface area contributed by atoms with Gasteiger partial charge in [-0.3, -0.25) is 0 Å². The quantitative estimate of drug-likeness (QED) is 0.282. The molecule has 1 N–H and O–H groups in total. The minimum atomic E-state index is -0.161. The molecule has 176 valence electrons. The lowest BCUT2D eigenvalue weighted by Crippen LogP contribution is -2.40. The van der Waals surface area contributed by atoms with Crippen LogP contribution in [0.25, 0.3) is 0 Å². The van der Waals surface area contributed by atoms with Crippen molar-refractivity contribution in [2.24, 2.45) is 10.9 Å². The van der Waals surface area contributed by atoms with Gasteiger partial charge in [0.1, 0.15) is 5.82 Å². The summed E-state index contributed by atoms with van der Waals surface area (Å²) in [6.45, 7) is 7.35. The first-order valence-corrected chi connectivity index (χ1v) is 11.1. The molecule has 32 heavy (non-hydrogen) atoms. The summed E-state index contributed by atoms with van der Waals surface area (Å²) in [6, 6.07) is 15.6. The maximum Gasteiger partial charge on any atom is 0.194 e. The van der Waals surface area contributed by atoms with E-state index in [1.165, 1.54) is 5.56 Å². The number of guanidine groups is 1. The summed E-state index contributed by atoms with van der Waals surface area (Å²) in [6.07, 6.45) is 1.10. The molecule has 0 bridgehead atoms. The molecule has 1 fully saturated rings. The van der Waals surface area contributed by atoms with Crippen molar-refractivity contribution in [3.05, 3.63) is 71.0 Å². The largest absolute Gasteiger partial charge is 0.376 e. The van der Waals surface area contributed by atoms with Crippen LogP contribution in [0.4, 0.5) is 4.39 Å². The van der Waals surface area contributed by atoms with Gasteiger partial charge in [-0.2, -0.15) is 0 Å². The van der Waals surface area contributed by atoms with Crippen molar-refractivity contribution in [3.63, 3.8) is 0 Å². The Morgan fingerprint density at radius 3 is 2.69 bits per heavy atom. The number of likely N-dealkylation sites (tertiary alicyclic amines) is 1. The van der Waals surface area contributed by atoms with Gasteiger partial charge < -0.3 is 19.9 Å². The molecule has 0 aliphatic carbocycles. The molecule has 1 aliphatic heterocycles. The standard InChI is InChI=1S/C25H35FN4O.HI/c1-4-27-25(28-15-21-10-11-24(26)23(14-21)17-29(2)3)30-13-12-22(16-30)19-31-18-20-8-6-5-7-9-20;/h5-11,14,22H,4,12-13,15-19H2,1-3H3,(H,27,28);1H. The topological polar surface area (TPSA) is 40.1 Å². The molecule has 1 unspecified atom stereocenters. The van der Waals surface area contributed by atoms with Crippen LogP contribution < -0.4 is 5.32 Å². The average molecular weight is 554 g/mol. The number of ether oxygens (including phenoxy) is 1. The van der Waals surface area contributed by atoms with Crippen molar-refractivity contribution in [3.8, 4) is 0 Å². The lowest BCUT2D eigenvalue weighted by Gasteiger charge is -2.22. The minimum absolute atomic E-state index is 0. The Morgan fingerprint density at radius 1 is 1.19 bits per heavy atom. The molecule has 2 aromatic rings. The first kappa shape index (κ1) is 26.5. The molecule has 0 amide bonds. The highest BCUT2D eigenvalue weighted by atomic mass is 127. The number of benzene rings is 2. The third kappa shape index (κ3) is 8.33. The number of halogens is 2. The maximum atomic E-state index is 14.1. The Morgan fingerprint density at radius 2 is 1.97 bits per heavy atom. The fraction of sp³-hybridized carbons (Fsp3) is 0.480. The van der Waals surface area contributed by atoms with Gasteiger partial charge in [0.25, 0.3) is 0 Å². The third-order valence-electron chi connectivity index (χ3n) is 5.39. The van der Waals surface area contributed by atoms with Crippen LogP contribution in [0.15, 0.2) is 53.5 Å². The molecular weight excluding hydrogens is 518 g/mol. The van der Waals surface area contributed by atoms with Gasteiger partial charge in [-0.25, -0.2) is 9.38 Å². The normalized spacial score (nSPS) is 16.3. The molecule has 7 heteroatoms. The first-order valence-electron chi connectivity index (χ1n) is 11.1. The molecule has 2 aromatic carbocycles. The summed E-state index contributed by atoms with van der Waals surface area (Å²) < 4.78 is 20.0. The van der Waals surface area contributed by atoms with E-state index in [1.807, 2.05) is 49.3 Å². The number of hydrogen-bond donors (Lipinski definition) is 1. The Hall–Kier alpha value is -1.71. The van der Waals surface area contributed by atoms with E-state index in [1.54, 1.807) is 6.07 Å². The molecule has 1 aliphatic rings. The fourth-order valence-electron chi connectivity index (χ4n) is 3.86. The summed E-state index contributed by atoms with van der Waals surface area (Å²) in [5.74, 6) is 1.27. The molecule has 1 atom stereocenters. The second kappa shape index (κ2) is 13.7. The zero-order valence-corrected chi connectivity index (χ0v) is 21.7. The first-order chi connectivity index (χ1) is 15.0. The molecule has 0 radical (unpaired) electrons. The number of aliphatic imine (C=N–C) groups is 1. The van der Waals surface area contributed by atoms with E-state index < -0.39 is 0 Å². The van der Waals surface area contributed by atoms with Crippen molar-refractivity contribution < 1.29 is 9.13 Å². The van der Waals surface area contributed by atoms with Crippen molar-refractivity contribution in [2.75, 3.05) is 40.3 Å². The molecule has 0 saturated carbocycles. The Kier molecular flexibility index (Phi) is 11.4. The number of nitrogens with one attached hydrogen (secondary N) is 1. The Bertz CT molecular complexity index is 847. The second-order valence-corrected chi connectivity index (χ2v) is 8.44. The lowest BCUT2D eigenvalue weighted by atomic mass is 10.1. The van der Waals surface area contributed by atoms with E-state index in [9.17, 15) is 4.39 Å². The predicted octanol–water partition coefficient (Wildman–Crippen LogP) is 4.51. The smallest absolute Gasteiger partial charge is 0.194 e. The average Bonchev–Trinajstić information content (AvgIpc) is 3.22. The molecule has 5 nitrogen and oxygen atoms in total. The van der Waals surface area contributed by atoms with E-state index in [4.69, 9.17) is 9.73 Å². The zero-order chi connectivity index (χ0) is 22.1. The third-order valence-corrected chi connectivity index (χ3v) is 5.39.